The number of carbonyl (C=O) groups is 1. The van der Waals surface area contributed by atoms with Crippen LogP contribution in [0.1, 0.15) is 31.7 Å². The first kappa shape index (κ1) is 19.1. The van der Waals surface area contributed by atoms with Gasteiger partial charge in [0.05, 0.1) is 5.54 Å². The maximum Gasteiger partial charge on any atom is 0.157 e. The minimum Gasteiger partial charge on any atom is -0.373 e. The second-order valence-corrected chi connectivity index (χ2v) is 7.89. The molecule has 1 saturated heterocycles. The third-order valence-corrected chi connectivity index (χ3v) is 6.15. The number of nitrogens with one attached hydrogen (secondary N) is 1. The van der Waals surface area contributed by atoms with Gasteiger partial charge in [0.2, 0.25) is 0 Å². The molecule has 3 rings (SSSR count). The molecule has 2 aromatic carbocycles. The van der Waals surface area contributed by atoms with E-state index < -0.39 is 5.54 Å². The number of benzene rings is 2. The van der Waals surface area contributed by atoms with Gasteiger partial charge in [-0.05, 0) is 43.0 Å². The van der Waals surface area contributed by atoms with Gasteiger partial charge in [-0.3, -0.25) is 4.79 Å². The van der Waals surface area contributed by atoms with E-state index in [2.05, 4.69) is 50.4 Å². The molecule has 0 unspecified atom stereocenters. The summed E-state index contributed by atoms with van der Waals surface area (Å²) in [5.41, 5.74) is 1.97. The summed E-state index contributed by atoms with van der Waals surface area (Å²) in [6, 6.07) is 18.5. The van der Waals surface area contributed by atoms with E-state index in [1.54, 1.807) is 0 Å². The third kappa shape index (κ3) is 4.54. The van der Waals surface area contributed by atoms with Crippen LogP contribution in [0.5, 0.6) is 0 Å². The Bertz CT molecular complexity index is 724. The highest BCUT2D eigenvalue weighted by Gasteiger charge is 2.39. The fourth-order valence-electron chi connectivity index (χ4n) is 3.75. The highest BCUT2D eigenvalue weighted by Crippen LogP contribution is 2.29. The van der Waals surface area contributed by atoms with Crippen LogP contribution in [0, 0.1) is 0 Å². The summed E-state index contributed by atoms with van der Waals surface area (Å²) < 4.78 is 1.18. The topological polar surface area (TPSA) is 32.3 Å². The maximum atomic E-state index is 12.7. The van der Waals surface area contributed by atoms with Gasteiger partial charge in [0.25, 0.3) is 0 Å². The largest absolute Gasteiger partial charge is 0.373 e. The van der Waals surface area contributed by atoms with Crippen molar-refractivity contribution < 1.29 is 4.79 Å². The lowest BCUT2D eigenvalue weighted by molar-refractivity contribution is -0.124. The van der Waals surface area contributed by atoms with Crippen LogP contribution in [0.25, 0.3) is 0 Å². The molecule has 0 saturated carbocycles. The van der Waals surface area contributed by atoms with Crippen molar-refractivity contribution >= 4 is 27.4 Å². The number of hydrogen-bond donors (Lipinski definition) is 1. The van der Waals surface area contributed by atoms with Gasteiger partial charge in [0, 0.05) is 36.2 Å². The zero-order valence-corrected chi connectivity index (χ0v) is 17.0. The van der Waals surface area contributed by atoms with Gasteiger partial charge in [0.15, 0.2) is 5.78 Å². The van der Waals surface area contributed by atoms with Gasteiger partial charge in [-0.25, -0.2) is 0 Å². The van der Waals surface area contributed by atoms with E-state index in [4.69, 9.17) is 0 Å². The summed E-state index contributed by atoms with van der Waals surface area (Å²) >= 11 is 3.63. The first-order valence-corrected chi connectivity index (χ1v) is 10.2. The van der Waals surface area contributed by atoms with E-state index in [0.29, 0.717) is 12.2 Å². The van der Waals surface area contributed by atoms with Crippen molar-refractivity contribution in [3.8, 4) is 0 Å². The van der Waals surface area contributed by atoms with Crippen LogP contribution in [0.2, 0.25) is 0 Å². The van der Waals surface area contributed by atoms with Crippen LogP contribution in [0.3, 0.4) is 0 Å². The molecule has 1 aliphatic heterocycles. The molecule has 1 fully saturated rings. The lowest BCUT2D eigenvalue weighted by Crippen LogP contribution is -2.54. The number of para-hydroxylation sites is 1. The molecule has 0 radical (unpaired) electrons. The van der Waals surface area contributed by atoms with Crippen molar-refractivity contribution in [2.24, 2.45) is 0 Å². The number of Topliss-reactive ketones (excluding diaryl/α,β-unsaturated/α-hetero) is 1. The van der Waals surface area contributed by atoms with Crippen LogP contribution in [0.15, 0.2) is 59.1 Å². The lowest BCUT2D eigenvalue weighted by atomic mass is 9.82. The quantitative estimate of drug-likeness (QED) is 0.697. The third-order valence-electron chi connectivity index (χ3n) is 5.38. The molecule has 4 heteroatoms. The molecule has 3 nitrogen and oxygen atoms in total. The molecule has 1 aliphatic rings. The van der Waals surface area contributed by atoms with Gasteiger partial charge in [-0.2, -0.15) is 0 Å². The minimum absolute atomic E-state index is 0.326. The van der Waals surface area contributed by atoms with E-state index in [-0.39, 0.29) is 0 Å². The van der Waals surface area contributed by atoms with Crippen LogP contribution in [0.4, 0.5) is 5.69 Å². The molecule has 0 bridgehead atoms. The fourth-order valence-corrected chi connectivity index (χ4v) is 4.23. The zero-order valence-electron chi connectivity index (χ0n) is 15.4. The maximum absolute atomic E-state index is 12.7. The summed E-state index contributed by atoms with van der Waals surface area (Å²) in [7, 11) is 0. The minimum atomic E-state index is -0.417. The molecule has 0 spiro atoms. The van der Waals surface area contributed by atoms with Crippen molar-refractivity contribution in [2.75, 3.05) is 25.0 Å². The van der Waals surface area contributed by atoms with Crippen molar-refractivity contribution in [2.45, 2.75) is 38.1 Å². The summed E-state index contributed by atoms with van der Waals surface area (Å²) in [5, 5.41) is 3.56. The Kier molecular flexibility index (Phi) is 6.49. The van der Waals surface area contributed by atoms with Gasteiger partial charge in [-0.1, -0.05) is 59.3 Å². The standard InChI is InChI=1S/C22H27BrN2O/c1-2-21(26)22(24-19-9-4-3-5-10-19)13-16-25(17-14-22)15-12-18-8-6-7-11-20(18)23/h3-11,24H,2,12-17H2,1H3. The number of carbonyl (C=O) groups excluding carboxylic acids is 1. The number of ketones is 1. The van der Waals surface area contributed by atoms with Crippen LogP contribution in [-0.2, 0) is 11.2 Å². The summed E-state index contributed by atoms with van der Waals surface area (Å²) in [6.07, 6.45) is 3.34. The molecular weight excluding hydrogens is 388 g/mol. The molecule has 26 heavy (non-hydrogen) atoms. The molecule has 0 atom stereocenters. The number of likely N-dealkylation sites (tertiary alicyclic amines) is 1. The molecule has 138 valence electrons. The number of nitrogens with zero attached hydrogens (tertiary/aromatic N) is 1. The lowest BCUT2D eigenvalue weighted by Gasteiger charge is -2.42. The second kappa shape index (κ2) is 8.83. The van der Waals surface area contributed by atoms with Crippen LogP contribution < -0.4 is 5.32 Å². The van der Waals surface area contributed by atoms with Crippen molar-refractivity contribution in [3.05, 3.63) is 64.6 Å². The molecule has 0 aromatic heterocycles. The monoisotopic (exact) mass is 414 g/mol. The van der Waals surface area contributed by atoms with Gasteiger partial charge in [-0.15, -0.1) is 0 Å². The molecule has 0 amide bonds. The number of anilines is 1. The van der Waals surface area contributed by atoms with Crippen molar-refractivity contribution in [1.29, 1.82) is 0 Å². The Morgan fingerprint density at radius 1 is 1.08 bits per heavy atom. The predicted octanol–water partition coefficient (Wildman–Crippen LogP) is 4.92. The SMILES string of the molecule is CCC(=O)C1(Nc2ccccc2)CCN(CCc2ccccc2Br)CC1. The van der Waals surface area contributed by atoms with E-state index in [1.807, 2.05) is 37.3 Å². The second-order valence-electron chi connectivity index (χ2n) is 7.03. The van der Waals surface area contributed by atoms with Crippen molar-refractivity contribution in [1.82, 2.24) is 4.90 Å². The highest BCUT2D eigenvalue weighted by molar-refractivity contribution is 9.10. The van der Waals surface area contributed by atoms with E-state index >= 15 is 0 Å². The Hall–Kier alpha value is -1.65. The number of piperidine rings is 1. The molecule has 2 aromatic rings. The van der Waals surface area contributed by atoms with E-state index in [9.17, 15) is 4.79 Å². The first-order valence-electron chi connectivity index (χ1n) is 9.45. The smallest absolute Gasteiger partial charge is 0.157 e. The Labute approximate surface area is 164 Å². The highest BCUT2D eigenvalue weighted by atomic mass is 79.9. The zero-order chi connectivity index (χ0) is 18.4. The number of rotatable bonds is 7. The molecule has 1 N–H and O–H groups in total. The molecule has 0 aliphatic carbocycles. The molecule has 1 heterocycles. The fraction of sp³-hybridized carbons (Fsp3) is 0.409. The average molecular weight is 415 g/mol. The summed E-state index contributed by atoms with van der Waals surface area (Å²) in [4.78, 5) is 15.2. The van der Waals surface area contributed by atoms with E-state index in [1.165, 1.54) is 10.0 Å². The predicted molar refractivity (Wildman–Crippen MR) is 112 cm³/mol. The van der Waals surface area contributed by atoms with Gasteiger partial charge < -0.3 is 10.2 Å². The number of halogens is 1. The Morgan fingerprint density at radius 2 is 1.73 bits per heavy atom. The Morgan fingerprint density at radius 3 is 2.38 bits per heavy atom. The Balaban J connectivity index is 1.61. The summed E-state index contributed by atoms with van der Waals surface area (Å²) in [5.74, 6) is 0.326. The van der Waals surface area contributed by atoms with Crippen LogP contribution >= 0.6 is 15.9 Å². The van der Waals surface area contributed by atoms with Crippen molar-refractivity contribution in [3.63, 3.8) is 0 Å². The van der Waals surface area contributed by atoms with Crippen LogP contribution in [-0.4, -0.2) is 35.9 Å². The van der Waals surface area contributed by atoms with Gasteiger partial charge >= 0.3 is 0 Å². The number of hydrogen-bond acceptors (Lipinski definition) is 3. The van der Waals surface area contributed by atoms with E-state index in [0.717, 1.165) is 44.6 Å². The van der Waals surface area contributed by atoms with Gasteiger partial charge in [0.1, 0.15) is 0 Å². The normalized spacial score (nSPS) is 17.0. The first-order chi connectivity index (χ1) is 12.6. The molecular formula is C22H27BrN2O. The average Bonchev–Trinajstić information content (AvgIpc) is 2.68. The summed E-state index contributed by atoms with van der Waals surface area (Å²) in [6.45, 7) is 4.91.